The molecule has 0 saturated heterocycles. The van der Waals surface area contributed by atoms with Crippen molar-refractivity contribution in [1.29, 1.82) is 0 Å². The molecule has 0 fully saturated rings. The Kier molecular flexibility index (Phi) is 5.21. The molecule has 0 bridgehead atoms. The summed E-state index contributed by atoms with van der Waals surface area (Å²) in [6, 6.07) is 4.72. The molecule has 31 heavy (non-hydrogen) atoms. The molecule has 162 valence electrons. The van der Waals surface area contributed by atoms with Crippen LogP contribution in [0, 0.1) is 0 Å². The second-order valence-corrected chi connectivity index (χ2v) is 7.37. The minimum atomic E-state index is -4.82. The number of H-pyrrole nitrogens is 1. The number of amides is 1. The highest BCUT2D eigenvalue weighted by atomic mass is 32.1. The number of carbonyl (C=O) groups is 1. The Bertz CT molecular complexity index is 1280. The van der Waals surface area contributed by atoms with Crippen LogP contribution in [0.3, 0.4) is 0 Å². The van der Waals surface area contributed by atoms with Gasteiger partial charge in [0.15, 0.2) is 5.06 Å². The normalized spacial score (nSPS) is 11.9. The van der Waals surface area contributed by atoms with Gasteiger partial charge in [-0.25, -0.2) is 0 Å². The fourth-order valence-corrected chi connectivity index (χ4v) is 4.42. The minimum absolute atomic E-state index is 0.0947. The van der Waals surface area contributed by atoms with Gasteiger partial charge in [-0.05, 0) is 35.4 Å². The second-order valence-electron chi connectivity index (χ2n) is 6.39. The number of hydrogen-bond acceptors (Lipinski definition) is 7. The van der Waals surface area contributed by atoms with Crippen LogP contribution in [0.2, 0.25) is 0 Å². The number of rotatable bonds is 6. The highest BCUT2D eigenvalue weighted by molar-refractivity contribution is 7.18. The van der Waals surface area contributed by atoms with Gasteiger partial charge < -0.3 is 25.4 Å². The third-order valence-electron chi connectivity index (χ3n) is 4.56. The number of fused-ring (bicyclic) bond motifs is 3. The third kappa shape index (κ3) is 3.76. The maximum Gasteiger partial charge on any atom is 0.573 e. The van der Waals surface area contributed by atoms with Gasteiger partial charge in [-0.15, -0.1) is 13.2 Å². The van der Waals surface area contributed by atoms with E-state index in [9.17, 15) is 28.2 Å². The Morgan fingerprint density at radius 3 is 2.32 bits per heavy atom. The quantitative estimate of drug-likeness (QED) is 0.353. The Morgan fingerprint density at radius 1 is 1.10 bits per heavy atom. The van der Waals surface area contributed by atoms with E-state index in [0.717, 1.165) is 23.5 Å². The molecule has 0 spiro atoms. The lowest BCUT2D eigenvalue weighted by Crippen LogP contribution is -2.16. The topological polar surface area (TPSA) is 131 Å². The van der Waals surface area contributed by atoms with E-state index in [1.807, 2.05) is 0 Å². The number of ether oxygens (including phenoxy) is 2. The molecule has 8 nitrogen and oxygen atoms in total. The predicted molar refractivity (Wildman–Crippen MR) is 105 cm³/mol. The van der Waals surface area contributed by atoms with Crippen LogP contribution < -0.4 is 15.2 Å². The summed E-state index contributed by atoms with van der Waals surface area (Å²) in [6.07, 6.45) is -3.35. The highest BCUT2D eigenvalue weighted by Crippen LogP contribution is 2.46. The fraction of sp³-hybridized carbons (Fsp3) is 0.158. The average molecular weight is 453 g/mol. The van der Waals surface area contributed by atoms with E-state index < -0.39 is 31.2 Å². The number of aromatic amines is 1. The fourth-order valence-electron chi connectivity index (χ4n) is 3.36. The Morgan fingerprint density at radius 2 is 1.74 bits per heavy atom. The summed E-state index contributed by atoms with van der Waals surface area (Å²) < 4.78 is 46.7. The van der Waals surface area contributed by atoms with Crippen LogP contribution >= 0.6 is 11.3 Å². The van der Waals surface area contributed by atoms with Crippen molar-refractivity contribution in [3.05, 3.63) is 46.5 Å². The van der Waals surface area contributed by atoms with Crippen molar-refractivity contribution in [2.24, 2.45) is 5.73 Å². The summed E-state index contributed by atoms with van der Waals surface area (Å²) >= 11 is 0.908. The van der Waals surface area contributed by atoms with Crippen molar-refractivity contribution in [1.82, 2.24) is 10.2 Å². The van der Waals surface area contributed by atoms with E-state index in [4.69, 9.17) is 10.5 Å². The number of aliphatic hydroxyl groups is 2. The number of thiophene rings is 1. The molecule has 0 saturated carbocycles. The average Bonchev–Trinajstić information content (AvgIpc) is 3.32. The number of nitrogens with two attached hydrogens (primary N) is 1. The van der Waals surface area contributed by atoms with Crippen LogP contribution in [0.5, 0.6) is 16.6 Å². The van der Waals surface area contributed by atoms with E-state index in [0.29, 0.717) is 32.8 Å². The number of aliphatic hydroxyl groups excluding tert-OH is 2. The van der Waals surface area contributed by atoms with Crippen molar-refractivity contribution in [3.63, 3.8) is 0 Å². The predicted octanol–water partition coefficient (Wildman–Crippen LogP) is 3.55. The number of carbonyl (C=O) groups excluding carboxylic acids is 1. The van der Waals surface area contributed by atoms with Crippen LogP contribution in [0.1, 0.15) is 20.8 Å². The van der Waals surface area contributed by atoms with Crippen molar-refractivity contribution >= 4 is 38.9 Å². The van der Waals surface area contributed by atoms with Gasteiger partial charge in [0, 0.05) is 10.8 Å². The minimum Gasteiger partial charge on any atom is -0.446 e. The molecule has 0 unspecified atom stereocenters. The second kappa shape index (κ2) is 7.72. The molecule has 5 N–H and O–H groups in total. The number of nitrogens with zero attached hydrogens (tertiary/aromatic N) is 1. The number of hydrogen-bond donors (Lipinski definition) is 4. The van der Waals surface area contributed by atoms with E-state index in [1.165, 1.54) is 18.3 Å². The van der Waals surface area contributed by atoms with Crippen molar-refractivity contribution in [3.8, 4) is 16.6 Å². The molecule has 4 aromatic rings. The van der Waals surface area contributed by atoms with Crippen LogP contribution in [0.15, 0.2) is 30.5 Å². The SMILES string of the molecule is NC(=O)c1sc(Oc2ccc(OC(F)(F)F)cc2)c2c1c(CO)c(CO)c1cn[nH]c12. The van der Waals surface area contributed by atoms with Crippen LogP contribution in [0.25, 0.3) is 21.7 Å². The number of halogens is 3. The number of benzene rings is 2. The van der Waals surface area contributed by atoms with Gasteiger partial charge in [-0.3, -0.25) is 9.89 Å². The molecule has 2 aromatic heterocycles. The van der Waals surface area contributed by atoms with Crippen molar-refractivity contribution in [2.45, 2.75) is 19.6 Å². The van der Waals surface area contributed by atoms with Crippen molar-refractivity contribution in [2.75, 3.05) is 0 Å². The Balaban J connectivity index is 1.87. The molecule has 0 aliphatic rings. The molecule has 0 atom stereocenters. The lowest BCUT2D eigenvalue weighted by Gasteiger charge is -2.11. The first kappa shape index (κ1) is 20.9. The Labute approximate surface area is 175 Å². The molecular formula is C19H14F3N3O5S. The smallest absolute Gasteiger partial charge is 0.446 e. The van der Waals surface area contributed by atoms with E-state index >= 15 is 0 Å². The number of aromatic nitrogens is 2. The zero-order valence-electron chi connectivity index (χ0n) is 15.5. The lowest BCUT2D eigenvalue weighted by molar-refractivity contribution is -0.274. The molecule has 12 heteroatoms. The van der Waals surface area contributed by atoms with Gasteiger partial charge in [0.05, 0.1) is 30.3 Å². The maximum absolute atomic E-state index is 12.3. The maximum atomic E-state index is 12.3. The summed E-state index contributed by atoms with van der Waals surface area (Å²) in [7, 11) is 0. The first-order valence-corrected chi connectivity index (χ1v) is 9.53. The summed E-state index contributed by atoms with van der Waals surface area (Å²) in [5, 5.41) is 28.0. The first-order valence-electron chi connectivity index (χ1n) is 8.72. The summed E-state index contributed by atoms with van der Waals surface area (Å²) in [5.41, 5.74) is 6.67. The van der Waals surface area contributed by atoms with Crippen LogP contribution in [-0.4, -0.2) is 32.7 Å². The highest BCUT2D eigenvalue weighted by Gasteiger charge is 2.31. The molecule has 4 rings (SSSR count). The van der Waals surface area contributed by atoms with E-state index in [1.54, 1.807) is 0 Å². The van der Waals surface area contributed by atoms with Crippen LogP contribution in [0.4, 0.5) is 13.2 Å². The summed E-state index contributed by atoms with van der Waals surface area (Å²) in [6.45, 7) is -0.889. The molecule has 0 aliphatic carbocycles. The molecule has 0 radical (unpaired) electrons. The van der Waals surface area contributed by atoms with Gasteiger partial charge in [-0.2, -0.15) is 5.10 Å². The van der Waals surface area contributed by atoms with E-state index in [2.05, 4.69) is 14.9 Å². The monoisotopic (exact) mass is 453 g/mol. The standard InChI is InChI=1S/C19H14F3N3O5S/c20-19(21,22)30-9-3-1-8(2-4-9)29-18-14-13(16(31-18)17(23)28)12(7-27)11(6-26)10-5-24-25-15(10)14/h1-5,26-27H,6-7H2,(H2,23,28)(H,24,25). The zero-order valence-corrected chi connectivity index (χ0v) is 16.3. The van der Waals surface area contributed by atoms with Gasteiger partial charge >= 0.3 is 6.36 Å². The molecule has 1 amide bonds. The molecule has 2 heterocycles. The van der Waals surface area contributed by atoms with Gasteiger partial charge in [-0.1, -0.05) is 11.3 Å². The number of primary amides is 1. The molecule has 0 aliphatic heterocycles. The number of nitrogens with one attached hydrogen (secondary N) is 1. The van der Waals surface area contributed by atoms with E-state index in [-0.39, 0.29) is 15.7 Å². The first-order chi connectivity index (χ1) is 14.7. The zero-order chi connectivity index (χ0) is 22.3. The summed E-state index contributed by atoms with van der Waals surface area (Å²) in [4.78, 5) is 12.2. The van der Waals surface area contributed by atoms with Crippen molar-refractivity contribution < 1.29 is 37.7 Å². The van der Waals surface area contributed by atoms with Crippen LogP contribution in [-0.2, 0) is 13.2 Å². The summed E-state index contributed by atoms with van der Waals surface area (Å²) in [5.74, 6) is -1.01. The van der Waals surface area contributed by atoms with Gasteiger partial charge in [0.1, 0.15) is 16.4 Å². The largest absolute Gasteiger partial charge is 0.573 e. The van der Waals surface area contributed by atoms with Gasteiger partial charge in [0.25, 0.3) is 5.91 Å². The molecule has 2 aromatic carbocycles. The number of alkyl halides is 3. The van der Waals surface area contributed by atoms with Gasteiger partial charge in [0.2, 0.25) is 0 Å². The molecular weight excluding hydrogens is 439 g/mol. The Hall–Kier alpha value is -3.35. The third-order valence-corrected chi connectivity index (χ3v) is 5.65. The lowest BCUT2D eigenvalue weighted by atomic mass is 9.97.